The number of nitrogens with zero attached hydrogens (tertiary/aromatic N) is 1. The van der Waals surface area contributed by atoms with Gasteiger partial charge in [0.05, 0.1) is 9.21 Å². The number of carbonyl (C=O) groups is 2. The molecule has 1 aliphatic heterocycles. The first-order valence-electron chi connectivity index (χ1n) is 5.27. The molecule has 1 aromatic rings. The van der Waals surface area contributed by atoms with Gasteiger partial charge < -0.3 is 4.90 Å². The molecule has 92 valence electrons. The van der Waals surface area contributed by atoms with Crippen molar-refractivity contribution in [2.24, 2.45) is 0 Å². The lowest BCUT2D eigenvalue weighted by atomic mass is 10.4. The first-order chi connectivity index (χ1) is 8.16. The molecule has 1 fully saturated rings. The molecule has 5 nitrogen and oxygen atoms in total. The summed E-state index contributed by atoms with van der Waals surface area (Å²) in [5.41, 5.74) is 4.74. The van der Waals surface area contributed by atoms with E-state index in [1.54, 1.807) is 17.0 Å². The molecule has 0 spiro atoms. The first kappa shape index (κ1) is 12.2. The summed E-state index contributed by atoms with van der Waals surface area (Å²) in [5, 5.41) is 0. The number of urea groups is 1. The van der Waals surface area contributed by atoms with Crippen LogP contribution in [0, 0.1) is 0 Å². The molecular weight excluding hydrogens is 262 g/mol. The number of hydrazine groups is 1. The van der Waals surface area contributed by atoms with Crippen molar-refractivity contribution in [3.05, 3.63) is 21.3 Å². The van der Waals surface area contributed by atoms with Crippen LogP contribution in [-0.4, -0.2) is 29.9 Å². The zero-order chi connectivity index (χ0) is 12.3. The van der Waals surface area contributed by atoms with Gasteiger partial charge in [-0.1, -0.05) is 11.6 Å². The number of carbonyl (C=O) groups excluding carboxylic acids is 2. The van der Waals surface area contributed by atoms with Gasteiger partial charge in [-0.05, 0) is 25.0 Å². The van der Waals surface area contributed by atoms with Crippen LogP contribution in [0.1, 0.15) is 22.5 Å². The fraction of sp³-hybridized carbons (Fsp3) is 0.400. The Morgan fingerprint density at radius 1 is 1.24 bits per heavy atom. The van der Waals surface area contributed by atoms with Gasteiger partial charge in [-0.2, -0.15) is 0 Å². The van der Waals surface area contributed by atoms with E-state index in [9.17, 15) is 9.59 Å². The summed E-state index contributed by atoms with van der Waals surface area (Å²) in [4.78, 5) is 25.3. The zero-order valence-electron chi connectivity index (χ0n) is 9.03. The van der Waals surface area contributed by atoms with E-state index in [4.69, 9.17) is 11.6 Å². The molecule has 0 radical (unpaired) electrons. The number of rotatable bonds is 1. The summed E-state index contributed by atoms with van der Waals surface area (Å²) in [6, 6.07) is 2.99. The van der Waals surface area contributed by atoms with Crippen LogP contribution < -0.4 is 10.9 Å². The highest BCUT2D eigenvalue weighted by molar-refractivity contribution is 7.17. The van der Waals surface area contributed by atoms with Crippen molar-refractivity contribution in [2.75, 3.05) is 13.1 Å². The van der Waals surface area contributed by atoms with Gasteiger partial charge in [-0.3, -0.25) is 10.2 Å². The number of thiophene rings is 1. The number of hydrogen-bond acceptors (Lipinski definition) is 3. The predicted octanol–water partition coefficient (Wildman–Crippen LogP) is 1.85. The van der Waals surface area contributed by atoms with Gasteiger partial charge in [0, 0.05) is 13.1 Å². The highest BCUT2D eigenvalue weighted by atomic mass is 35.5. The molecule has 0 atom stereocenters. The zero-order valence-corrected chi connectivity index (χ0v) is 10.6. The monoisotopic (exact) mass is 273 g/mol. The molecule has 3 amide bonds. The number of halogens is 1. The molecule has 2 rings (SSSR count). The van der Waals surface area contributed by atoms with Gasteiger partial charge in [0.1, 0.15) is 0 Å². The smallest absolute Gasteiger partial charge is 0.323 e. The molecule has 2 heterocycles. The third-order valence-corrected chi connectivity index (χ3v) is 3.70. The Kier molecular flexibility index (Phi) is 3.86. The minimum Gasteiger partial charge on any atom is -0.323 e. The lowest BCUT2D eigenvalue weighted by Gasteiger charge is -2.16. The maximum absolute atomic E-state index is 11.6. The normalized spacial score (nSPS) is 14.8. The van der Waals surface area contributed by atoms with Crippen LogP contribution in [0.15, 0.2) is 12.1 Å². The van der Waals surface area contributed by atoms with Crippen LogP contribution in [-0.2, 0) is 0 Å². The van der Waals surface area contributed by atoms with Crippen LogP contribution in [0.25, 0.3) is 0 Å². The van der Waals surface area contributed by atoms with E-state index in [0.29, 0.717) is 9.21 Å². The van der Waals surface area contributed by atoms with Gasteiger partial charge in [-0.15, -0.1) is 11.3 Å². The maximum atomic E-state index is 11.6. The van der Waals surface area contributed by atoms with Gasteiger partial charge in [0.15, 0.2) is 0 Å². The fourth-order valence-corrected chi connectivity index (χ4v) is 2.55. The van der Waals surface area contributed by atoms with E-state index in [-0.39, 0.29) is 11.9 Å². The Labute approximate surface area is 108 Å². The second-order valence-electron chi connectivity index (χ2n) is 3.68. The highest BCUT2D eigenvalue weighted by Crippen LogP contribution is 2.20. The van der Waals surface area contributed by atoms with Crippen LogP contribution in [0.5, 0.6) is 0 Å². The fourth-order valence-electron chi connectivity index (χ4n) is 1.61. The summed E-state index contributed by atoms with van der Waals surface area (Å²) in [7, 11) is 0. The number of amides is 3. The SMILES string of the molecule is O=C(NNC(=O)N1CCCC1)c1ccc(Cl)s1. The lowest BCUT2D eigenvalue weighted by Crippen LogP contribution is -2.47. The van der Waals surface area contributed by atoms with Gasteiger partial charge in [-0.25, -0.2) is 10.2 Å². The molecule has 0 saturated carbocycles. The molecular formula is C10H12ClN3O2S. The Hall–Kier alpha value is -1.27. The number of nitrogens with one attached hydrogen (secondary N) is 2. The van der Waals surface area contributed by atoms with Crippen molar-refractivity contribution in [3.63, 3.8) is 0 Å². The second-order valence-corrected chi connectivity index (χ2v) is 5.40. The third-order valence-electron chi connectivity index (χ3n) is 2.47. The minimum absolute atomic E-state index is 0.265. The Bertz CT molecular complexity index is 429. The Morgan fingerprint density at radius 2 is 1.94 bits per heavy atom. The average Bonchev–Trinajstić information content (AvgIpc) is 2.95. The molecule has 17 heavy (non-hydrogen) atoms. The summed E-state index contributed by atoms with van der Waals surface area (Å²) >= 11 is 6.88. The van der Waals surface area contributed by atoms with E-state index < -0.39 is 0 Å². The van der Waals surface area contributed by atoms with Crippen LogP contribution in [0.2, 0.25) is 4.34 Å². The Balaban J connectivity index is 1.81. The van der Waals surface area contributed by atoms with Crippen LogP contribution in [0.4, 0.5) is 4.79 Å². The molecule has 7 heteroatoms. The molecule has 1 aromatic heterocycles. The average molecular weight is 274 g/mol. The molecule has 0 aromatic carbocycles. The van der Waals surface area contributed by atoms with E-state index in [1.807, 2.05) is 0 Å². The molecule has 1 aliphatic rings. The van der Waals surface area contributed by atoms with Gasteiger partial charge >= 0.3 is 6.03 Å². The van der Waals surface area contributed by atoms with Crippen molar-refractivity contribution < 1.29 is 9.59 Å². The van der Waals surface area contributed by atoms with E-state index in [0.717, 1.165) is 25.9 Å². The standard InChI is InChI=1S/C10H12ClN3O2S/c11-8-4-3-7(17-8)9(15)12-13-10(16)14-5-1-2-6-14/h3-4H,1-2,5-6H2,(H,12,15)(H,13,16). The summed E-state index contributed by atoms with van der Waals surface area (Å²) in [6.07, 6.45) is 2.03. The minimum atomic E-state index is -0.352. The first-order valence-corrected chi connectivity index (χ1v) is 6.47. The molecule has 0 aliphatic carbocycles. The van der Waals surface area contributed by atoms with Gasteiger partial charge in [0.2, 0.25) is 0 Å². The number of hydrogen-bond donors (Lipinski definition) is 2. The molecule has 0 bridgehead atoms. The molecule has 0 unspecified atom stereocenters. The van der Waals surface area contributed by atoms with Gasteiger partial charge in [0.25, 0.3) is 5.91 Å². The van der Waals surface area contributed by atoms with Crippen LogP contribution in [0.3, 0.4) is 0 Å². The topological polar surface area (TPSA) is 61.4 Å². The molecule has 2 N–H and O–H groups in total. The van der Waals surface area contributed by atoms with Crippen molar-refractivity contribution in [1.29, 1.82) is 0 Å². The summed E-state index contributed by atoms with van der Waals surface area (Å²) < 4.78 is 0.543. The van der Waals surface area contributed by atoms with E-state index in [2.05, 4.69) is 10.9 Å². The quantitative estimate of drug-likeness (QED) is 0.767. The van der Waals surface area contributed by atoms with Crippen molar-refractivity contribution in [3.8, 4) is 0 Å². The van der Waals surface area contributed by atoms with E-state index >= 15 is 0 Å². The lowest BCUT2D eigenvalue weighted by molar-refractivity contribution is 0.0935. The van der Waals surface area contributed by atoms with Crippen molar-refractivity contribution >= 4 is 34.9 Å². The third kappa shape index (κ3) is 3.10. The number of likely N-dealkylation sites (tertiary alicyclic amines) is 1. The Morgan fingerprint density at radius 3 is 2.53 bits per heavy atom. The van der Waals surface area contributed by atoms with E-state index in [1.165, 1.54) is 11.3 Å². The second kappa shape index (κ2) is 5.37. The molecule has 1 saturated heterocycles. The highest BCUT2D eigenvalue weighted by Gasteiger charge is 2.18. The van der Waals surface area contributed by atoms with Crippen LogP contribution >= 0.6 is 22.9 Å². The largest absolute Gasteiger partial charge is 0.336 e. The predicted molar refractivity (Wildman–Crippen MR) is 66.1 cm³/mol. The summed E-state index contributed by atoms with van der Waals surface area (Å²) in [5.74, 6) is -0.352. The summed E-state index contributed by atoms with van der Waals surface area (Å²) in [6.45, 7) is 1.49. The maximum Gasteiger partial charge on any atom is 0.336 e. The van der Waals surface area contributed by atoms with Crippen molar-refractivity contribution in [2.45, 2.75) is 12.8 Å². The van der Waals surface area contributed by atoms with Crippen molar-refractivity contribution in [1.82, 2.24) is 15.8 Å².